The summed E-state index contributed by atoms with van der Waals surface area (Å²) in [6.45, 7) is 4.15. The molecule has 0 spiro atoms. The van der Waals surface area contributed by atoms with Gasteiger partial charge in [-0.15, -0.1) is 5.10 Å². The van der Waals surface area contributed by atoms with Crippen molar-refractivity contribution in [2.24, 2.45) is 0 Å². The number of aromatic amines is 1. The SMILES string of the molecule is O=c1[nH]c(CN2CCCN(c3cccnn3)CC2)nc2c1cnn2-c1ccccc1. The van der Waals surface area contributed by atoms with Crippen LogP contribution in [0.2, 0.25) is 0 Å². The van der Waals surface area contributed by atoms with Gasteiger partial charge in [-0.25, -0.2) is 9.67 Å². The molecule has 1 saturated heterocycles. The third-order valence-corrected chi connectivity index (χ3v) is 5.33. The van der Waals surface area contributed by atoms with Crippen molar-refractivity contribution in [2.75, 3.05) is 31.1 Å². The van der Waals surface area contributed by atoms with Crippen LogP contribution in [0.1, 0.15) is 12.2 Å². The average molecular weight is 402 g/mol. The predicted octanol–water partition coefficient (Wildman–Crippen LogP) is 1.61. The van der Waals surface area contributed by atoms with Gasteiger partial charge in [0.15, 0.2) is 11.5 Å². The van der Waals surface area contributed by atoms with Crippen molar-refractivity contribution in [1.29, 1.82) is 0 Å². The molecular formula is C21H22N8O. The van der Waals surface area contributed by atoms with Crippen LogP contribution in [0.25, 0.3) is 16.7 Å². The maximum absolute atomic E-state index is 12.6. The van der Waals surface area contributed by atoms with Crippen molar-refractivity contribution in [3.63, 3.8) is 0 Å². The van der Waals surface area contributed by atoms with E-state index in [2.05, 4.69) is 30.1 Å². The number of para-hydroxylation sites is 1. The molecule has 9 heteroatoms. The van der Waals surface area contributed by atoms with Crippen molar-refractivity contribution in [3.05, 3.63) is 71.0 Å². The van der Waals surface area contributed by atoms with E-state index >= 15 is 0 Å². The van der Waals surface area contributed by atoms with Gasteiger partial charge in [0.25, 0.3) is 5.56 Å². The molecule has 0 unspecified atom stereocenters. The molecule has 9 nitrogen and oxygen atoms in total. The van der Waals surface area contributed by atoms with Crippen molar-refractivity contribution >= 4 is 16.9 Å². The standard InChI is InChI=1S/C21H22N8O/c30-21-17-14-23-29(16-6-2-1-3-7-16)20(17)24-18(25-21)15-27-10-5-11-28(13-12-27)19-8-4-9-22-26-19/h1-4,6-9,14H,5,10-13,15H2,(H,24,25,30). The van der Waals surface area contributed by atoms with E-state index in [9.17, 15) is 4.79 Å². The normalized spacial score (nSPS) is 15.4. The minimum atomic E-state index is -0.159. The quantitative estimate of drug-likeness (QED) is 0.554. The predicted molar refractivity (Wildman–Crippen MR) is 114 cm³/mol. The second-order valence-electron chi connectivity index (χ2n) is 7.34. The minimum absolute atomic E-state index is 0.159. The summed E-state index contributed by atoms with van der Waals surface area (Å²) >= 11 is 0. The van der Waals surface area contributed by atoms with Gasteiger partial charge in [0, 0.05) is 32.4 Å². The van der Waals surface area contributed by atoms with Crippen LogP contribution < -0.4 is 10.5 Å². The summed E-state index contributed by atoms with van der Waals surface area (Å²) < 4.78 is 1.71. The highest BCUT2D eigenvalue weighted by atomic mass is 16.1. The second-order valence-corrected chi connectivity index (χ2v) is 7.34. The molecule has 0 amide bonds. The maximum Gasteiger partial charge on any atom is 0.262 e. The molecule has 1 N–H and O–H groups in total. The third-order valence-electron chi connectivity index (χ3n) is 5.33. The Morgan fingerprint density at radius 1 is 1.00 bits per heavy atom. The fraction of sp³-hybridized carbons (Fsp3) is 0.286. The molecule has 0 aliphatic carbocycles. The smallest absolute Gasteiger partial charge is 0.262 e. The highest BCUT2D eigenvalue weighted by Gasteiger charge is 2.18. The number of anilines is 1. The van der Waals surface area contributed by atoms with E-state index in [1.54, 1.807) is 17.1 Å². The first-order chi connectivity index (χ1) is 14.8. The Kier molecular flexibility index (Phi) is 4.94. The highest BCUT2D eigenvalue weighted by Crippen LogP contribution is 2.16. The Balaban J connectivity index is 1.37. The Morgan fingerprint density at radius 2 is 1.90 bits per heavy atom. The summed E-state index contributed by atoms with van der Waals surface area (Å²) in [7, 11) is 0. The molecule has 1 fully saturated rings. The number of fused-ring (bicyclic) bond motifs is 1. The van der Waals surface area contributed by atoms with Crippen LogP contribution >= 0.6 is 0 Å². The fourth-order valence-corrected chi connectivity index (χ4v) is 3.83. The molecule has 0 saturated carbocycles. The Morgan fingerprint density at radius 3 is 2.73 bits per heavy atom. The number of aromatic nitrogens is 6. The van der Waals surface area contributed by atoms with Crippen LogP contribution in [0.15, 0.2) is 59.7 Å². The lowest BCUT2D eigenvalue weighted by molar-refractivity contribution is 0.278. The van der Waals surface area contributed by atoms with Crippen molar-refractivity contribution < 1.29 is 0 Å². The van der Waals surface area contributed by atoms with Crippen LogP contribution in [-0.2, 0) is 6.54 Å². The minimum Gasteiger partial charge on any atom is -0.354 e. The maximum atomic E-state index is 12.6. The van der Waals surface area contributed by atoms with Gasteiger partial charge in [-0.1, -0.05) is 18.2 Å². The van der Waals surface area contributed by atoms with E-state index in [4.69, 9.17) is 4.98 Å². The van der Waals surface area contributed by atoms with Crippen molar-refractivity contribution in [2.45, 2.75) is 13.0 Å². The second kappa shape index (κ2) is 8.03. The first-order valence-corrected chi connectivity index (χ1v) is 10.1. The van der Waals surface area contributed by atoms with E-state index in [-0.39, 0.29) is 5.56 Å². The number of benzene rings is 1. The summed E-state index contributed by atoms with van der Waals surface area (Å²) in [5.74, 6) is 1.55. The number of hydrogen-bond donors (Lipinski definition) is 1. The molecular weight excluding hydrogens is 380 g/mol. The molecule has 3 aromatic heterocycles. The topological polar surface area (TPSA) is 95.8 Å². The molecule has 152 valence electrons. The van der Waals surface area contributed by atoms with Crippen LogP contribution in [0, 0.1) is 0 Å². The molecule has 30 heavy (non-hydrogen) atoms. The van der Waals surface area contributed by atoms with Gasteiger partial charge in [0.05, 0.1) is 18.4 Å². The van der Waals surface area contributed by atoms with E-state index in [0.29, 0.717) is 23.4 Å². The van der Waals surface area contributed by atoms with E-state index in [1.165, 1.54) is 0 Å². The highest BCUT2D eigenvalue weighted by molar-refractivity contribution is 5.75. The van der Waals surface area contributed by atoms with E-state index < -0.39 is 0 Å². The van der Waals surface area contributed by atoms with Crippen molar-refractivity contribution in [1.82, 2.24) is 34.8 Å². The monoisotopic (exact) mass is 402 g/mol. The van der Waals surface area contributed by atoms with Gasteiger partial charge in [0.2, 0.25) is 0 Å². The molecule has 1 aliphatic rings. The molecule has 4 heterocycles. The molecule has 0 radical (unpaired) electrons. The van der Waals surface area contributed by atoms with Gasteiger partial charge < -0.3 is 9.88 Å². The Labute approximate surface area is 173 Å². The first-order valence-electron chi connectivity index (χ1n) is 10.1. The fourth-order valence-electron chi connectivity index (χ4n) is 3.83. The summed E-state index contributed by atoms with van der Waals surface area (Å²) in [5.41, 5.74) is 1.30. The van der Waals surface area contributed by atoms with Gasteiger partial charge in [-0.3, -0.25) is 9.69 Å². The molecule has 1 aromatic carbocycles. The zero-order valence-corrected chi connectivity index (χ0v) is 16.5. The zero-order valence-electron chi connectivity index (χ0n) is 16.5. The Bertz CT molecular complexity index is 1190. The van der Waals surface area contributed by atoms with Gasteiger partial charge in [-0.2, -0.15) is 10.2 Å². The molecule has 5 rings (SSSR count). The van der Waals surface area contributed by atoms with E-state index in [0.717, 1.165) is 44.1 Å². The van der Waals surface area contributed by atoms with Gasteiger partial charge in [-0.05, 0) is 30.7 Å². The lowest BCUT2D eigenvalue weighted by atomic mass is 10.3. The van der Waals surface area contributed by atoms with Crippen LogP contribution in [0.5, 0.6) is 0 Å². The lowest BCUT2D eigenvalue weighted by Crippen LogP contribution is -2.32. The molecule has 1 aliphatic heterocycles. The third kappa shape index (κ3) is 3.67. The van der Waals surface area contributed by atoms with Crippen molar-refractivity contribution in [3.8, 4) is 5.69 Å². The largest absolute Gasteiger partial charge is 0.354 e. The summed E-state index contributed by atoms with van der Waals surface area (Å²) in [6, 6.07) is 13.6. The summed E-state index contributed by atoms with van der Waals surface area (Å²) in [5, 5.41) is 13.1. The number of hydrogen-bond acceptors (Lipinski definition) is 7. The summed E-state index contributed by atoms with van der Waals surface area (Å²) in [4.78, 5) is 24.8. The molecule has 0 bridgehead atoms. The Hall–Kier alpha value is -3.59. The molecule has 4 aromatic rings. The van der Waals surface area contributed by atoms with Gasteiger partial charge >= 0.3 is 0 Å². The number of H-pyrrole nitrogens is 1. The number of nitrogens with zero attached hydrogens (tertiary/aromatic N) is 7. The average Bonchev–Trinajstić information content (AvgIpc) is 3.08. The lowest BCUT2D eigenvalue weighted by Gasteiger charge is -2.21. The van der Waals surface area contributed by atoms with E-state index in [1.807, 2.05) is 42.5 Å². The number of nitrogens with one attached hydrogen (secondary N) is 1. The first kappa shape index (κ1) is 18.4. The zero-order chi connectivity index (χ0) is 20.3. The van der Waals surface area contributed by atoms with Gasteiger partial charge in [0.1, 0.15) is 11.2 Å². The number of rotatable bonds is 4. The summed E-state index contributed by atoms with van der Waals surface area (Å²) in [6.07, 6.45) is 4.26. The van der Waals surface area contributed by atoms with Crippen LogP contribution in [0.4, 0.5) is 5.82 Å². The van der Waals surface area contributed by atoms with Crippen LogP contribution in [-0.4, -0.2) is 61.0 Å². The van der Waals surface area contributed by atoms with Crippen LogP contribution in [0.3, 0.4) is 0 Å². The molecule has 0 atom stereocenters.